The number of aliphatic hydroxyl groups is 1. The molecule has 2 atom stereocenters. The molecule has 2 unspecified atom stereocenters. The molecule has 1 aromatic rings. The Bertz CT molecular complexity index is 364. The molecule has 1 aliphatic rings. The van der Waals surface area contributed by atoms with E-state index in [0.717, 1.165) is 25.7 Å². The molecule has 0 aromatic heterocycles. The van der Waals surface area contributed by atoms with Gasteiger partial charge in [-0.05, 0) is 30.4 Å². The largest absolute Gasteiger partial charge is 0.392 e. The van der Waals surface area contributed by atoms with Crippen molar-refractivity contribution in [3.8, 4) is 0 Å². The SMILES string of the molecule is CCCC(O)C1(CN)CCc2ccccc21. The second kappa shape index (κ2) is 4.56. The molecule has 0 fully saturated rings. The maximum absolute atomic E-state index is 10.4. The quantitative estimate of drug-likeness (QED) is 0.813. The second-order valence-corrected chi connectivity index (χ2v) is 4.82. The molecule has 2 rings (SSSR count). The molecule has 16 heavy (non-hydrogen) atoms. The first-order valence-electron chi connectivity index (χ1n) is 6.21. The minimum atomic E-state index is -0.300. The Morgan fingerprint density at radius 1 is 1.44 bits per heavy atom. The van der Waals surface area contributed by atoms with Crippen molar-refractivity contribution in [1.82, 2.24) is 0 Å². The fourth-order valence-corrected chi connectivity index (χ4v) is 2.96. The molecule has 3 N–H and O–H groups in total. The van der Waals surface area contributed by atoms with Crippen LogP contribution < -0.4 is 5.73 Å². The smallest absolute Gasteiger partial charge is 0.0649 e. The second-order valence-electron chi connectivity index (χ2n) is 4.82. The van der Waals surface area contributed by atoms with Crippen LogP contribution in [-0.2, 0) is 11.8 Å². The molecule has 2 nitrogen and oxygen atoms in total. The van der Waals surface area contributed by atoms with E-state index in [4.69, 9.17) is 5.73 Å². The Hall–Kier alpha value is -0.860. The van der Waals surface area contributed by atoms with Crippen molar-refractivity contribution >= 4 is 0 Å². The van der Waals surface area contributed by atoms with Gasteiger partial charge in [-0.2, -0.15) is 0 Å². The van der Waals surface area contributed by atoms with E-state index in [-0.39, 0.29) is 11.5 Å². The molecule has 0 amide bonds. The Labute approximate surface area is 97.5 Å². The van der Waals surface area contributed by atoms with Gasteiger partial charge in [0, 0.05) is 12.0 Å². The Balaban J connectivity index is 2.37. The van der Waals surface area contributed by atoms with Crippen LogP contribution in [0, 0.1) is 0 Å². The lowest BCUT2D eigenvalue weighted by Gasteiger charge is -2.34. The summed E-state index contributed by atoms with van der Waals surface area (Å²) in [7, 11) is 0. The predicted octanol–water partition coefficient (Wildman–Crippen LogP) is 1.99. The summed E-state index contributed by atoms with van der Waals surface area (Å²) in [6.45, 7) is 2.65. The van der Waals surface area contributed by atoms with Gasteiger partial charge in [0.05, 0.1) is 6.10 Å². The minimum absolute atomic E-state index is 0.188. The summed E-state index contributed by atoms with van der Waals surface area (Å²) in [5.74, 6) is 0. The van der Waals surface area contributed by atoms with Gasteiger partial charge in [0.2, 0.25) is 0 Å². The molecule has 0 saturated carbocycles. The Kier molecular flexibility index (Phi) is 3.31. The van der Waals surface area contributed by atoms with Crippen LogP contribution in [0.25, 0.3) is 0 Å². The van der Waals surface area contributed by atoms with E-state index in [2.05, 4.69) is 25.1 Å². The molecule has 88 valence electrons. The highest BCUT2D eigenvalue weighted by Crippen LogP contribution is 2.41. The maximum atomic E-state index is 10.4. The van der Waals surface area contributed by atoms with Gasteiger partial charge in [-0.15, -0.1) is 0 Å². The number of rotatable bonds is 4. The van der Waals surface area contributed by atoms with E-state index in [9.17, 15) is 5.11 Å². The van der Waals surface area contributed by atoms with Crippen LogP contribution in [0.15, 0.2) is 24.3 Å². The standard InChI is InChI=1S/C14H21NO/c1-2-5-13(16)14(10-15)9-8-11-6-3-4-7-12(11)14/h3-4,6-7,13,16H,2,5,8-10,15H2,1H3. The molecule has 1 aromatic carbocycles. The fraction of sp³-hybridized carbons (Fsp3) is 0.571. The summed E-state index contributed by atoms with van der Waals surface area (Å²) in [4.78, 5) is 0. The van der Waals surface area contributed by atoms with Crippen molar-refractivity contribution in [3.63, 3.8) is 0 Å². The first-order chi connectivity index (χ1) is 7.74. The van der Waals surface area contributed by atoms with Gasteiger partial charge in [-0.3, -0.25) is 0 Å². The van der Waals surface area contributed by atoms with Crippen LogP contribution in [0.1, 0.15) is 37.3 Å². The van der Waals surface area contributed by atoms with Crippen LogP contribution in [-0.4, -0.2) is 17.8 Å². The van der Waals surface area contributed by atoms with Crippen molar-refractivity contribution < 1.29 is 5.11 Å². The van der Waals surface area contributed by atoms with Crippen molar-refractivity contribution in [2.75, 3.05) is 6.54 Å². The third-order valence-corrected chi connectivity index (χ3v) is 3.96. The van der Waals surface area contributed by atoms with Crippen molar-refractivity contribution in [2.45, 2.75) is 44.1 Å². The number of aryl methyl sites for hydroxylation is 1. The lowest BCUT2D eigenvalue weighted by molar-refractivity contribution is 0.0755. The predicted molar refractivity (Wildman–Crippen MR) is 66.4 cm³/mol. The van der Waals surface area contributed by atoms with Crippen molar-refractivity contribution in [3.05, 3.63) is 35.4 Å². The number of hydrogen-bond donors (Lipinski definition) is 2. The fourth-order valence-electron chi connectivity index (χ4n) is 2.96. The first-order valence-corrected chi connectivity index (χ1v) is 6.21. The van der Waals surface area contributed by atoms with Crippen LogP contribution in [0.3, 0.4) is 0 Å². The third kappa shape index (κ3) is 1.66. The maximum Gasteiger partial charge on any atom is 0.0649 e. The van der Waals surface area contributed by atoms with Gasteiger partial charge in [0.15, 0.2) is 0 Å². The van der Waals surface area contributed by atoms with Crippen molar-refractivity contribution in [1.29, 1.82) is 0 Å². The molecular formula is C14H21NO. The van der Waals surface area contributed by atoms with Gasteiger partial charge >= 0.3 is 0 Å². The molecule has 2 heteroatoms. The topological polar surface area (TPSA) is 46.2 Å². The van der Waals surface area contributed by atoms with Gasteiger partial charge in [-0.1, -0.05) is 37.6 Å². The van der Waals surface area contributed by atoms with E-state index >= 15 is 0 Å². The zero-order valence-corrected chi connectivity index (χ0v) is 9.95. The molecular weight excluding hydrogens is 198 g/mol. The van der Waals surface area contributed by atoms with Gasteiger partial charge < -0.3 is 10.8 Å². The lowest BCUT2D eigenvalue weighted by atomic mass is 9.75. The number of hydrogen-bond acceptors (Lipinski definition) is 2. The Morgan fingerprint density at radius 2 is 2.19 bits per heavy atom. The normalized spacial score (nSPS) is 25.4. The van der Waals surface area contributed by atoms with E-state index < -0.39 is 0 Å². The van der Waals surface area contributed by atoms with Crippen LogP contribution in [0.2, 0.25) is 0 Å². The van der Waals surface area contributed by atoms with E-state index in [1.807, 2.05) is 6.07 Å². The van der Waals surface area contributed by atoms with Crippen LogP contribution in [0.4, 0.5) is 0 Å². The Morgan fingerprint density at radius 3 is 2.88 bits per heavy atom. The summed E-state index contributed by atoms with van der Waals surface area (Å²) in [5, 5.41) is 10.4. The average Bonchev–Trinajstić information content (AvgIpc) is 2.69. The van der Waals surface area contributed by atoms with Crippen molar-refractivity contribution in [2.24, 2.45) is 5.73 Å². The van der Waals surface area contributed by atoms with Gasteiger partial charge in [0.1, 0.15) is 0 Å². The molecule has 0 radical (unpaired) electrons. The van der Waals surface area contributed by atoms with E-state index in [1.54, 1.807) is 0 Å². The highest BCUT2D eigenvalue weighted by Gasteiger charge is 2.42. The molecule has 0 heterocycles. The lowest BCUT2D eigenvalue weighted by Crippen LogP contribution is -2.44. The highest BCUT2D eigenvalue weighted by molar-refractivity contribution is 5.40. The zero-order chi connectivity index (χ0) is 11.6. The van der Waals surface area contributed by atoms with Crippen LogP contribution >= 0.6 is 0 Å². The van der Waals surface area contributed by atoms with Gasteiger partial charge in [0.25, 0.3) is 0 Å². The van der Waals surface area contributed by atoms with E-state index in [0.29, 0.717) is 6.54 Å². The summed E-state index contributed by atoms with van der Waals surface area (Å²) in [6.07, 6.45) is 3.58. The molecule has 0 bridgehead atoms. The third-order valence-electron chi connectivity index (χ3n) is 3.96. The highest BCUT2D eigenvalue weighted by atomic mass is 16.3. The van der Waals surface area contributed by atoms with Gasteiger partial charge in [-0.25, -0.2) is 0 Å². The number of fused-ring (bicyclic) bond motifs is 1. The van der Waals surface area contributed by atoms with E-state index in [1.165, 1.54) is 11.1 Å². The molecule has 0 saturated heterocycles. The summed E-state index contributed by atoms with van der Waals surface area (Å²) < 4.78 is 0. The average molecular weight is 219 g/mol. The summed E-state index contributed by atoms with van der Waals surface area (Å²) in [5.41, 5.74) is 8.41. The minimum Gasteiger partial charge on any atom is -0.392 e. The molecule has 0 spiro atoms. The molecule has 0 aliphatic heterocycles. The zero-order valence-electron chi connectivity index (χ0n) is 9.95. The molecule has 1 aliphatic carbocycles. The summed E-state index contributed by atoms with van der Waals surface area (Å²) >= 11 is 0. The number of benzene rings is 1. The monoisotopic (exact) mass is 219 g/mol. The summed E-state index contributed by atoms with van der Waals surface area (Å²) in [6, 6.07) is 8.41. The van der Waals surface area contributed by atoms with Crippen LogP contribution in [0.5, 0.6) is 0 Å². The number of aliphatic hydroxyl groups excluding tert-OH is 1. The first kappa shape index (κ1) is 11.6. The number of nitrogens with two attached hydrogens (primary N) is 1.